The molecule has 0 saturated carbocycles. The number of benzene rings is 3. The summed E-state index contributed by atoms with van der Waals surface area (Å²) in [6.45, 7) is 2.91. The second kappa shape index (κ2) is 13.4. The van der Waals surface area contributed by atoms with Crippen molar-refractivity contribution in [2.45, 2.75) is 52.0 Å². The number of hydrogen-bond acceptors (Lipinski definition) is 5. The second-order valence-electron chi connectivity index (χ2n) is 9.51. The quantitative estimate of drug-likeness (QED) is 0.334. The Labute approximate surface area is 229 Å². The van der Waals surface area contributed by atoms with Crippen molar-refractivity contribution in [3.05, 3.63) is 95.1 Å². The standard InChI is InChI=1S/C32H33N3O4/c1-2-39-31(38)20-19-30(37)35(23-26-8-4-3-5-9-26)28-12-6-10-27-11-7-21-34(32(27)28)29(36)18-17-24-13-15-25(22-33)16-14-24/h3-6,8-10,12-16H,2,7,11,17-21,23H2,1H3. The first-order valence-electron chi connectivity index (χ1n) is 13.4. The number of carbonyl (C=O) groups excluding carboxylic acids is 3. The van der Waals surface area contributed by atoms with Crippen LogP contribution in [0.5, 0.6) is 0 Å². The van der Waals surface area contributed by atoms with Crippen LogP contribution in [-0.4, -0.2) is 30.9 Å². The molecular formula is C32H33N3O4. The number of carbonyl (C=O) groups is 3. The SMILES string of the molecule is CCOC(=O)CCC(=O)N(Cc1ccccc1)c1cccc2c1N(C(=O)CCc1ccc(C#N)cc1)CCC2. The van der Waals surface area contributed by atoms with Crippen LogP contribution in [0.25, 0.3) is 0 Å². The first-order valence-corrected chi connectivity index (χ1v) is 13.4. The highest BCUT2D eigenvalue weighted by atomic mass is 16.5. The molecule has 3 aromatic rings. The van der Waals surface area contributed by atoms with Crippen molar-refractivity contribution in [2.24, 2.45) is 0 Å². The minimum Gasteiger partial charge on any atom is -0.466 e. The fraction of sp³-hybridized carbons (Fsp3) is 0.312. The van der Waals surface area contributed by atoms with Crippen LogP contribution < -0.4 is 9.80 Å². The van der Waals surface area contributed by atoms with E-state index in [-0.39, 0.29) is 31.3 Å². The Hall–Kier alpha value is -4.44. The van der Waals surface area contributed by atoms with Crippen molar-refractivity contribution < 1.29 is 19.1 Å². The van der Waals surface area contributed by atoms with Crippen LogP contribution in [-0.2, 0) is 38.5 Å². The molecule has 2 amide bonds. The van der Waals surface area contributed by atoms with Gasteiger partial charge < -0.3 is 14.5 Å². The number of ether oxygens (including phenoxy) is 1. The van der Waals surface area contributed by atoms with Crippen LogP contribution in [0, 0.1) is 11.3 Å². The third kappa shape index (κ3) is 7.11. The molecule has 0 fully saturated rings. The lowest BCUT2D eigenvalue weighted by Crippen LogP contribution is -2.39. The Balaban J connectivity index is 1.61. The maximum absolute atomic E-state index is 13.6. The molecule has 7 heteroatoms. The van der Waals surface area contributed by atoms with Gasteiger partial charge in [-0.3, -0.25) is 14.4 Å². The van der Waals surface area contributed by atoms with Crippen LogP contribution in [0.15, 0.2) is 72.8 Å². The summed E-state index contributed by atoms with van der Waals surface area (Å²) in [6, 6.07) is 24.9. The molecule has 0 saturated heterocycles. The Morgan fingerprint density at radius 2 is 1.69 bits per heavy atom. The zero-order chi connectivity index (χ0) is 27.6. The number of nitriles is 1. The van der Waals surface area contributed by atoms with Gasteiger partial charge >= 0.3 is 5.97 Å². The average Bonchev–Trinajstić information content (AvgIpc) is 2.98. The van der Waals surface area contributed by atoms with E-state index in [9.17, 15) is 14.4 Å². The highest BCUT2D eigenvalue weighted by Crippen LogP contribution is 2.38. The maximum Gasteiger partial charge on any atom is 0.306 e. The highest BCUT2D eigenvalue weighted by Gasteiger charge is 2.29. The van der Waals surface area contributed by atoms with Gasteiger partial charge in [-0.2, -0.15) is 5.26 Å². The van der Waals surface area contributed by atoms with Crippen LogP contribution in [0.4, 0.5) is 11.4 Å². The Kier molecular flexibility index (Phi) is 9.47. The summed E-state index contributed by atoms with van der Waals surface area (Å²) in [5.41, 5.74) is 5.01. The van der Waals surface area contributed by atoms with Crippen molar-refractivity contribution in [1.82, 2.24) is 0 Å². The smallest absolute Gasteiger partial charge is 0.306 e. The third-order valence-corrected chi connectivity index (χ3v) is 6.83. The molecule has 200 valence electrons. The van der Waals surface area contributed by atoms with E-state index >= 15 is 0 Å². The van der Waals surface area contributed by atoms with Gasteiger partial charge in [-0.05, 0) is 61.1 Å². The largest absolute Gasteiger partial charge is 0.466 e. The molecule has 0 atom stereocenters. The normalized spacial score (nSPS) is 12.3. The molecule has 0 spiro atoms. The average molecular weight is 524 g/mol. The number of fused-ring (bicyclic) bond motifs is 1. The Morgan fingerprint density at radius 1 is 0.923 bits per heavy atom. The van der Waals surface area contributed by atoms with Gasteiger partial charge in [0.05, 0.1) is 42.6 Å². The predicted octanol–water partition coefficient (Wildman–Crippen LogP) is 5.35. The van der Waals surface area contributed by atoms with E-state index in [0.29, 0.717) is 37.2 Å². The highest BCUT2D eigenvalue weighted by molar-refractivity contribution is 6.04. The fourth-order valence-corrected chi connectivity index (χ4v) is 4.88. The molecule has 0 aromatic heterocycles. The van der Waals surface area contributed by atoms with E-state index in [4.69, 9.17) is 10.00 Å². The first-order chi connectivity index (χ1) is 19.0. The number of para-hydroxylation sites is 1. The molecule has 0 bridgehead atoms. The summed E-state index contributed by atoms with van der Waals surface area (Å²) < 4.78 is 5.03. The van der Waals surface area contributed by atoms with Gasteiger partial charge in [0.2, 0.25) is 11.8 Å². The minimum absolute atomic E-state index is 0.000221. The first kappa shape index (κ1) is 27.6. The molecule has 0 N–H and O–H groups in total. The van der Waals surface area contributed by atoms with Crippen LogP contribution >= 0.6 is 0 Å². The van der Waals surface area contributed by atoms with Gasteiger partial charge in [0.1, 0.15) is 0 Å². The summed E-state index contributed by atoms with van der Waals surface area (Å²) in [6.07, 6.45) is 2.55. The van der Waals surface area contributed by atoms with E-state index in [0.717, 1.165) is 35.2 Å². The van der Waals surface area contributed by atoms with Crippen molar-refractivity contribution in [3.63, 3.8) is 0 Å². The van der Waals surface area contributed by atoms with E-state index < -0.39 is 5.97 Å². The van der Waals surface area contributed by atoms with Gasteiger partial charge in [0, 0.05) is 19.4 Å². The van der Waals surface area contributed by atoms with Gasteiger partial charge in [-0.1, -0.05) is 54.6 Å². The summed E-state index contributed by atoms with van der Waals surface area (Å²) in [7, 11) is 0. The van der Waals surface area contributed by atoms with Crippen molar-refractivity contribution in [1.29, 1.82) is 5.26 Å². The zero-order valence-corrected chi connectivity index (χ0v) is 22.3. The fourth-order valence-electron chi connectivity index (χ4n) is 4.88. The number of rotatable bonds is 10. The lowest BCUT2D eigenvalue weighted by atomic mass is 9.98. The molecule has 1 aliphatic rings. The molecule has 7 nitrogen and oxygen atoms in total. The Morgan fingerprint density at radius 3 is 2.41 bits per heavy atom. The predicted molar refractivity (Wildman–Crippen MR) is 150 cm³/mol. The van der Waals surface area contributed by atoms with Crippen LogP contribution in [0.2, 0.25) is 0 Å². The maximum atomic E-state index is 13.6. The molecule has 0 radical (unpaired) electrons. The molecule has 3 aromatic carbocycles. The third-order valence-electron chi connectivity index (χ3n) is 6.83. The number of anilines is 2. The van der Waals surface area contributed by atoms with Gasteiger partial charge in [0.15, 0.2) is 0 Å². The van der Waals surface area contributed by atoms with Crippen molar-refractivity contribution in [2.75, 3.05) is 23.0 Å². The van der Waals surface area contributed by atoms with E-state index in [2.05, 4.69) is 6.07 Å². The molecule has 0 aliphatic carbocycles. The number of esters is 1. The van der Waals surface area contributed by atoms with Crippen molar-refractivity contribution in [3.8, 4) is 6.07 Å². The van der Waals surface area contributed by atoms with Crippen LogP contribution in [0.3, 0.4) is 0 Å². The minimum atomic E-state index is -0.403. The lowest BCUT2D eigenvalue weighted by Gasteiger charge is -2.35. The lowest BCUT2D eigenvalue weighted by molar-refractivity contribution is -0.144. The summed E-state index contributed by atoms with van der Waals surface area (Å²) in [5.74, 6) is -0.609. The van der Waals surface area contributed by atoms with E-state index in [1.807, 2.05) is 65.6 Å². The van der Waals surface area contributed by atoms with E-state index in [1.165, 1.54) is 0 Å². The molecular weight excluding hydrogens is 490 g/mol. The van der Waals surface area contributed by atoms with E-state index in [1.54, 1.807) is 24.0 Å². The van der Waals surface area contributed by atoms with Gasteiger partial charge in [-0.15, -0.1) is 0 Å². The zero-order valence-electron chi connectivity index (χ0n) is 22.3. The topological polar surface area (TPSA) is 90.7 Å². The molecule has 39 heavy (non-hydrogen) atoms. The Bertz CT molecular complexity index is 1350. The van der Waals surface area contributed by atoms with Gasteiger partial charge in [0.25, 0.3) is 0 Å². The molecule has 1 aliphatic heterocycles. The second-order valence-corrected chi connectivity index (χ2v) is 9.51. The van der Waals surface area contributed by atoms with Gasteiger partial charge in [-0.25, -0.2) is 0 Å². The number of hydrogen-bond donors (Lipinski definition) is 0. The summed E-state index contributed by atoms with van der Waals surface area (Å²) in [5, 5.41) is 9.04. The molecule has 0 unspecified atom stereocenters. The number of aryl methyl sites for hydroxylation is 2. The van der Waals surface area contributed by atoms with Crippen LogP contribution in [0.1, 0.15) is 54.9 Å². The number of amides is 2. The summed E-state index contributed by atoms with van der Waals surface area (Å²) in [4.78, 5) is 42.6. The summed E-state index contributed by atoms with van der Waals surface area (Å²) >= 11 is 0. The number of nitrogens with zero attached hydrogens (tertiary/aromatic N) is 3. The monoisotopic (exact) mass is 523 g/mol. The molecule has 1 heterocycles. The molecule has 4 rings (SSSR count). The van der Waals surface area contributed by atoms with Crippen molar-refractivity contribution >= 4 is 29.2 Å².